The quantitative estimate of drug-likeness (QED) is 0.528. The smallest absolute Gasteiger partial charge is 0.104 e. The van der Waals surface area contributed by atoms with Gasteiger partial charge in [0.15, 0.2) is 0 Å². The van der Waals surface area contributed by atoms with E-state index < -0.39 is 9.92 Å². The molecule has 0 aliphatic carbocycles. The van der Waals surface area contributed by atoms with Crippen molar-refractivity contribution >= 4 is 9.92 Å². The van der Waals surface area contributed by atoms with Crippen molar-refractivity contribution in [3.8, 4) is 0 Å². The summed E-state index contributed by atoms with van der Waals surface area (Å²) in [6, 6.07) is 0. The van der Waals surface area contributed by atoms with Crippen LogP contribution in [-0.2, 0) is 9.92 Å². The molecule has 0 rings (SSSR count). The summed E-state index contributed by atoms with van der Waals surface area (Å²) in [6.45, 7) is 0. The van der Waals surface area contributed by atoms with E-state index in [1.54, 1.807) is 14.1 Å². The largest absolute Gasteiger partial charge is 0.240 e. The molecular weight excluding hydrogens is 112 g/mol. The van der Waals surface area contributed by atoms with Crippen LogP contribution in [-0.4, -0.2) is 28.9 Å². The summed E-state index contributed by atoms with van der Waals surface area (Å²) in [7, 11) is 0.833. The highest BCUT2D eigenvalue weighted by atomic mass is 32.2. The van der Waals surface area contributed by atoms with Crippen LogP contribution in [0.4, 0.5) is 0 Å². The molecule has 0 fully saturated rings. The van der Waals surface area contributed by atoms with Crippen LogP contribution in [0.1, 0.15) is 0 Å². The predicted molar refractivity (Wildman–Crippen MR) is 30.5 cm³/mol. The van der Waals surface area contributed by atoms with Crippen molar-refractivity contribution in [1.29, 1.82) is 4.78 Å². The molecule has 1 unspecified atom stereocenters. The Morgan fingerprint density at radius 3 is 1.71 bits per heavy atom. The fourth-order valence-corrected chi connectivity index (χ4v) is 0. The highest BCUT2D eigenvalue weighted by molar-refractivity contribution is 7.89. The molecule has 0 spiro atoms. The lowest BCUT2D eigenvalue weighted by Gasteiger charge is -2.06. The van der Waals surface area contributed by atoms with Crippen LogP contribution in [0.2, 0.25) is 0 Å². The summed E-state index contributed by atoms with van der Waals surface area (Å²) in [4.78, 5) is 0. The van der Waals surface area contributed by atoms with Gasteiger partial charge in [0.1, 0.15) is 9.92 Å². The Kier molecular flexibility index (Phi) is 1.77. The van der Waals surface area contributed by atoms with Crippen LogP contribution in [0.15, 0.2) is 0 Å². The molecule has 0 aliphatic rings. The first-order valence-corrected chi connectivity index (χ1v) is 3.78. The first-order valence-electron chi connectivity index (χ1n) is 1.86. The molecule has 7 heavy (non-hydrogen) atoms. The van der Waals surface area contributed by atoms with E-state index in [1.807, 2.05) is 0 Å². The summed E-state index contributed by atoms with van der Waals surface area (Å²) < 4.78 is 18.7. The minimum Gasteiger partial charge on any atom is -0.240 e. The second-order valence-corrected chi connectivity index (χ2v) is 3.95. The second kappa shape index (κ2) is 1.79. The lowest BCUT2D eigenvalue weighted by molar-refractivity contribution is 0.595. The van der Waals surface area contributed by atoms with E-state index in [1.165, 1.54) is 10.6 Å². The molecule has 3 nitrogen and oxygen atoms in total. The Labute approximate surface area is 44.4 Å². The van der Waals surface area contributed by atoms with Crippen LogP contribution in [0.25, 0.3) is 0 Å². The molecule has 0 saturated carbocycles. The van der Waals surface area contributed by atoms with Crippen molar-refractivity contribution in [2.45, 2.75) is 0 Å². The monoisotopic (exact) mass is 122 g/mol. The highest BCUT2D eigenvalue weighted by Crippen LogP contribution is 1.85. The van der Waals surface area contributed by atoms with Crippen molar-refractivity contribution in [3.05, 3.63) is 0 Å². The molecule has 0 saturated heterocycles. The van der Waals surface area contributed by atoms with Crippen molar-refractivity contribution in [2.75, 3.05) is 20.4 Å². The lowest BCUT2D eigenvalue weighted by Crippen LogP contribution is -2.18. The number of hydrogen-bond donors (Lipinski definition) is 1. The zero-order valence-electron chi connectivity index (χ0n) is 4.76. The van der Waals surface area contributed by atoms with Gasteiger partial charge < -0.3 is 0 Å². The Morgan fingerprint density at radius 1 is 1.57 bits per heavy atom. The number of hydrogen-bond acceptors (Lipinski definition) is 2. The molecule has 1 N–H and O–H groups in total. The third-order valence-electron chi connectivity index (χ3n) is 0.697. The third kappa shape index (κ3) is 2.59. The van der Waals surface area contributed by atoms with E-state index in [0.717, 1.165) is 0 Å². The van der Waals surface area contributed by atoms with E-state index in [0.29, 0.717) is 0 Å². The molecule has 4 heteroatoms. The van der Waals surface area contributed by atoms with Gasteiger partial charge in [-0.25, -0.2) is 13.3 Å². The topological polar surface area (TPSA) is 44.2 Å². The van der Waals surface area contributed by atoms with Crippen LogP contribution >= 0.6 is 0 Å². The van der Waals surface area contributed by atoms with E-state index in [2.05, 4.69) is 0 Å². The molecule has 0 aromatic heterocycles. The van der Waals surface area contributed by atoms with E-state index in [-0.39, 0.29) is 0 Å². The van der Waals surface area contributed by atoms with Crippen LogP contribution < -0.4 is 0 Å². The van der Waals surface area contributed by atoms with Crippen molar-refractivity contribution < 1.29 is 4.21 Å². The zero-order chi connectivity index (χ0) is 6.08. The van der Waals surface area contributed by atoms with E-state index in [4.69, 9.17) is 4.78 Å². The SMILES string of the molecule is CN(C)S(C)(=N)=O. The minimum absolute atomic E-state index is 1.38. The van der Waals surface area contributed by atoms with Crippen LogP contribution in [0.3, 0.4) is 0 Å². The second-order valence-electron chi connectivity index (χ2n) is 1.61. The molecule has 0 heterocycles. The molecule has 0 aromatic carbocycles. The summed E-state index contributed by atoms with van der Waals surface area (Å²) in [5, 5.41) is 0. The lowest BCUT2D eigenvalue weighted by atomic mass is 11.3. The Morgan fingerprint density at radius 2 is 1.71 bits per heavy atom. The molecule has 0 radical (unpaired) electrons. The standard InChI is InChI=1S/C3H10N2OS/c1-5(2)7(3,4)6/h4H,1-3H3. The highest BCUT2D eigenvalue weighted by Gasteiger charge is 1.95. The Balaban J connectivity index is 4.10. The van der Waals surface area contributed by atoms with Crippen molar-refractivity contribution in [1.82, 2.24) is 4.31 Å². The van der Waals surface area contributed by atoms with Gasteiger partial charge in [0, 0.05) is 20.4 Å². The zero-order valence-corrected chi connectivity index (χ0v) is 5.58. The minimum atomic E-state index is -2.41. The van der Waals surface area contributed by atoms with Crippen molar-refractivity contribution in [3.63, 3.8) is 0 Å². The average Bonchev–Trinajstić information content (AvgIpc) is 1.31. The first-order chi connectivity index (χ1) is 2.94. The summed E-state index contributed by atoms with van der Waals surface area (Å²) >= 11 is 0. The predicted octanol–water partition coefficient (Wildman–Crippen LogP) is 0.140. The van der Waals surface area contributed by atoms with Gasteiger partial charge in [-0.15, -0.1) is 0 Å². The Bertz CT molecular complexity index is 135. The maximum Gasteiger partial charge on any atom is 0.104 e. The van der Waals surface area contributed by atoms with Crippen LogP contribution in [0, 0.1) is 4.78 Å². The maximum absolute atomic E-state index is 10.5. The van der Waals surface area contributed by atoms with Gasteiger partial charge in [0.2, 0.25) is 0 Å². The third-order valence-corrected chi connectivity index (χ3v) is 2.09. The summed E-state index contributed by atoms with van der Waals surface area (Å²) in [5.41, 5.74) is 0. The summed E-state index contributed by atoms with van der Waals surface area (Å²) in [5.74, 6) is 0. The number of nitrogens with one attached hydrogen (secondary N) is 1. The number of nitrogens with zero attached hydrogens (tertiary/aromatic N) is 1. The molecule has 0 aromatic rings. The van der Waals surface area contributed by atoms with Crippen molar-refractivity contribution in [2.24, 2.45) is 0 Å². The van der Waals surface area contributed by atoms with Gasteiger partial charge in [0.05, 0.1) is 0 Å². The van der Waals surface area contributed by atoms with Gasteiger partial charge in [-0.05, 0) is 0 Å². The van der Waals surface area contributed by atoms with Gasteiger partial charge in [-0.1, -0.05) is 0 Å². The van der Waals surface area contributed by atoms with E-state index >= 15 is 0 Å². The molecule has 0 aliphatic heterocycles. The van der Waals surface area contributed by atoms with E-state index in [9.17, 15) is 4.21 Å². The van der Waals surface area contributed by atoms with Gasteiger partial charge >= 0.3 is 0 Å². The normalized spacial score (nSPS) is 19.4. The number of rotatable bonds is 1. The molecular formula is C3H10N2OS. The fourth-order valence-electron chi connectivity index (χ4n) is 0. The van der Waals surface area contributed by atoms with Gasteiger partial charge in [-0.2, -0.15) is 0 Å². The molecule has 44 valence electrons. The van der Waals surface area contributed by atoms with Gasteiger partial charge in [-0.3, -0.25) is 0 Å². The maximum atomic E-state index is 10.5. The fraction of sp³-hybridized carbons (Fsp3) is 1.00. The molecule has 1 atom stereocenters. The Hall–Kier alpha value is -0.0900. The molecule has 0 bridgehead atoms. The average molecular weight is 122 g/mol. The van der Waals surface area contributed by atoms with Crippen LogP contribution in [0.5, 0.6) is 0 Å². The van der Waals surface area contributed by atoms with Gasteiger partial charge in [0.25, 0.3) is 0 Å². The first kappa shape index (κ1) is 6.91. The summed E-state index contributed by atoms with van der Waals surface area (Å²) in [6.07, 6.45) is 1.38. The molecule has 0 amide bonds.